The lowest BCUT2D eigenvalue weighted by Gasteiger charge is -2.31. The van der Waals surface area contributed by atoms with Gasteiger partial charge in [-0.2, -0.15) is 0 Å². The molecule has 124 valence electrons. The lowest BCUT2D eigenvalue weighted by molar-refractivity contribution is 0.313. The topological polar surface area (TPSA) is 89.2 Å². The maximum absolute atomic E-state index is 12.2. The maximum Gasteiger partial charge on any atom is 0.213 e. The number of aromatic nitrogens is 3. The molecule has 0 amide bonds. The molecule has 23 heavy (non-hydrogen) atoms. The summed E-state index contributed by atoms with van der Waals surface area (Å²) in [6.45, 7) is 4.56. The number of piperidine rings is 1. The van der Waals surface area contributed by atoms with Crippen LogP contribution in [-0.4, -0.2) is 46.7 Å². The van der Waals surface area contributed by atoms with Crippen LogP contribution < -0.4 is 0 Å². The SMILES string of the molecule is CCS(=O)(=O)N1CCCC(c2ncncc2-c2cc(C)no2)C1. The fourth-order valence-electron chi connectivity index (χ4n) is 2.95. The fraction of sp³-hybridized carbons (Fsp3) is 0.533. The smallest absolute Gasteiger partial charge is 0.213 e. The number of rotatable bonds is 4. The molecule has 1 fully saturated rings. The van der Waals surface area contributed by atoms with E-state index < -0.39 is 10.0 Å². The lowest BCUT2D eigenvalue weighted by atomic mass is 9.92. The van der Waals surface area contributed by atoms with E-state index in [2.05, 4.69) is 15.1 Å². The van der Waals surface area contributed by atoms with Gasteiger partial charge in [-0.1, -0.05) is 5.16 Å². The van der Waals surface area contributed by atoms with Crippen molar-refractivity contribution in [2.24, 2.45) is 0 Å². The summed E-state index contributed by atoms with van der Waals surface area (Å²) >= 11 is 0. The normalized spacial score (nSPS) is 19.8. The van der Waals surface area contributed by atoms with Gasteiger partial charge in [0.1, 0.15) is 6.33 Å². The Morgan fingerprint density at radius 2 is 2.26 bits per heavy atom. The molecule has 7 nitrogen and oxygen atoms in total. The van der Waals surface area contributed by atoms with Gasteiger partial charge in [-0.15, -0.1) is 0 Å². The van der Waals surface area contributed by atoms with Gasteiger partial charge in [0, 0.05) is 31.3 Å². The minimum Gasteiger partial charge on any atom is -0.356 e. The van der Waals surface area contributed by atoms with E-state index in [9.17, 15) is 8.42 Å². The number of hydrogen-bond acceptors (Lipinski definition) is 6. The zero-order valence-corrected chi connectivity index (χ0v) is 14.1. The van der Waals surface area contributed by atoms with Crippen LogP contribution in [0.5, 0.6) is 0 Å². The zero-order chi connectivity index (χ0) is 16.4. The second-order valence-electron chi connectivity index (χ2n) is 5.75. The van der Waals surface area contributed by atoms with Gasteiger partial charge in [-0.3, -0.25) is 0 Å². The van der Waals surface area contributed by atoms with E-state index in [1.807, 2.05) is 13.0 Å². The Morgan fingerprint density at radius 3 is 2.96 bits per heavy atom. The predicted octanol–water partition coefficient (Wildman–Crippen LogP) is 1.97. The van der Waals surface area contributed by atoms with Crippen LogP contribution in [0.2, 0.25) is 0 Å². The van der Waals surface area contributed by atoms with Gasteiger partial charge in [0.2, 0.25) is 10.0 Å². The number of sulfonamides is 1. The minimum absolute atomic E-state index is 0.0356. The number of aryl methyl sites for hydroxylation is 1. The van der Waals surface area contributed by atoms with E-state index in [0.717, 1.165) is 29.8 Å². The maximum atomic E-state index is 12.2. The molecule has 3 heterocycles. The first-order valence-electron chi connectivity index (χ1n) is 7.72. The van der Waals surface area contributed by atoms with Crippen molar-refractivity contribution in [3.8, 4) is 11.3 Å². The predicted molar refractivity (Wildman–Crippen MR) is 85.3 cm³/mol. The molecule has 0 radical (unpaired) electrons. The van der Waals surface area contributed by atoms with E-state index in [4.69, 9.17) is 4.52 Å². The highest BCUT2D eigenvalue weighted by Gasteiger charge is 2.31. The van der Waals surface area contributed by atoms with Crippen molar-refractivity contribution in [3.05, 3.63) is 30.0 Å². The van der Waals surface area contributed by atoms with Crippen LogP contribution in [0.3, 0.4) is 0 Å². The molecule has 0 aliphatic carbocycles. The van der Waals surface area contributed by atoms with Crippen molar-refractivity contribution < 1.29 is 12.9 Å². The molecule has 1 aliphatic heterocycles. The van der Waals surface area contributed by atoms with E-state index in [1.54, 1.807) is 17.4 Å². The molecule has 3 rings (SSSR count). The summed E-state index contributed by atoms with van der Waals surface area (Å²) in [7, 11) is -3.18. The zero-order valence-electron chi connectivity index (χ0n) is 13.3. The van der Waals surface area contributed by atoms with Crippen molar-refractivity contribution in [1.82, 2.24) is 19.4 Å². The monoisotopic (exact) mass is 336 g/mol. The van der Waals surface area contributed by atoms with Gasteiger partial charge >= 0.3 is 0 Å². The van der Waals surface area contributed by atoms with Gasteiger partial charge in [0.15, 0.2) is 5.76 Å². The average Bonchev–Trinajstić information content (AvgIpc) is 3.01. The van der Waals surface area contributed by atoms with Crippen LogP contribution in [0.25, 0.3) is 11.3 Å². The van der Waals surface area contributed by atoms with Crippen LogP contribution in [0.1, 0.15) is 37.1 Å². The van der Waals surface area contributed by atoms with Crippen LogP contribution in [0.15, 0.2) is 23.1 Å². The van der Waals surface area contributed by atoms with Crippen LogP contribution in [-0.2, 0) is 10.0 Å². The Kier molecular flexibility index (Phi) is 4.45. The number of nitrogens with zero attached hydrogens (tertiary/aromatic N) is 4. The first kappa shape index (κ1) is 16.1. The highest BCUT2D eigenvalue weighted by molar-refractivity contribution is 7.89. The molecule has 1 aliphatic rings. The minimum atomic E-state index is -3.18. The van der Waals surface area contributed by atoms with Crippen molar-refractivity contribution in [3.63, 3.8) is 0 Å². The molecule has 1 unspecified atom stereocenters. The fourth-order valence-corrected chi connectivity index (χ4v) is 4.13. The van der Waals surface area contributed by atoms with Crippen molar-refractivity contribution in [2.45, 2.75) is 32.6 Å². The average molecular weight is 336 g/mol. The molecule has 8 heteroatoms. The third-order valence-corrected chi connectivity index (χ3v) is 6.01. The van der Waals surface area contributed by atoms with Gasteiger partial charge in [0.25, 0.3) is 0 Å². The highest BCUT2D eigenvalue weighted by atomic mass is 32.2. The molecule has 1 saturated heterocycles. The van der Waals surface area contributed by atoms with Gasteiger partial charge in [-0.25, -0.2) is 22.7 Å². The van der Waals surface area contributed by atoms with Crippen LogP contribution in [0, 0.1) is 6.92 Å². The molecule has 0 aromatic carbocycles. The first-order chi connectivity index (χ1) is 11.0. The summed E-state index contributed by atoms with van der Waals surface area (Å²) in [5, 5.41) is 3.91. The quantitative estimate of drug-likeness (QED) is 0.848. The third-order valence-electron chi connectivity index (χ3n) is 4.17. The summed E-state index contributed by atoms with van der Waals surface area (Å²) in [5.74, 6) is 0.777. The highest BCUT2D eigenvalue weighted by Crippen LogP contribution is 2.33. The summed E-state index contributed by atoms with van der Waals surface area (Å²) in [6.07, 6.45) is 4.92. The molecule has 0 bridgehead atoms. The number of hydrogen-bond donors (Lipinski definition) is 0. The first-order valence-corrected chi connectivity index (χ1v) is 9.33. The van der Waals surface area contributed by atoms with E-state index in [-0.39, 0.29) is 11.7 Å². The second kappa shape index (κ2) is 6.37. The molecule has 2 aromatic rings. The molecule has 0 saturated carbocycles. The molecular weight excluding hydrogens is 316 g/mol. The summed E-state index contributed by atoms with van der Waals surface area (Å²) in [5.41, 5.74) is 2.40. The Bertz CT molecular complexity index is 788. The van der Waals surface area contributed by atoms with E-state index in [0.29, 0.717) is 18.8 Å². The van der Waals surface area contributed by atoms with Gasteiger partial charge < -0.3 is 4.52 Å². The van der Waals surface area contributed by atoms with Gasteiger partial charge in [-0.05, 0) is 26.7 Å². The van der Waals surface area contributed by atoms with Crippen molar-refractivity contribution in [1.29, 1.82) is 0 Å². The summed E-state index contributed by atoms with van der Waals surface area (Å²) < 4.78 is 31.2. The molecule has 0 spiro atoms. The lowest BCUT2D eigenvalue weighted by Crippen LogP contribution is -2.40. The molecular formula is C15H20N4O3S. The Hall–Kier alpha value is -1.80. The Labute approximate surface area is 135 Å². The van der Waals surface area contributed by atoms with E-state index >= 15 is 0 Å². The van der Waals surface area contributed by atoms with Gasteiger partial charge in [0.05, 0.1) is 22.7 Å². The standard InChI is InChI=1S/C15H20N4O3S/c1-3-23(20,21)19-6-4-5-12(9-19)15-13(8-16-10-17-15)14-7-11(2)18-22-14/h7-8,10,12H,3-6,9H2,1-2H3. The third kappa shape index (κ3) is 3.28. The largest absolute Gasteiger partial charge is 0.356 e. The van der Waals surface area contributed by atoms with E-state index in [1.165, 1.54) is 6.33 Å². The second-order valence-corrected chi connectivity index (χ2v) is 8.01. The summed E-state index contributed by atoms with van der Waals surface area (Å²) in [4.78, 5) is 8.49. The summed E-state index contributed by atoms with van der Waals surface area (Å²) in [6, 6.07) is 1.84. The van der Waals surface area contributed by atoms with Crippen molar-refractivity contribution in [2.75, 3.05) is 18.8 Å². The molecule has 2 aromatic heterocycles. The molecule has 0 N–H and O–H groups in total. The van der Waals surface area contributed by atoms with Crippen LogP contribution in [0.4, 0.5) is 0 Å². The molecule has 1 atom stereocenters. The Balaban J connectivity index is 1.93. The van der Waals surface area contributed by atoms with Crippen LogP contribution >= 0.6 is 0 Å². The Morgan fingerprint density at radius 1 is 1.43 bits per heavy atom. The van der Waals surface area contributed by atoms with Crippen molar-refractivity contribution >= 4 is 10.0 Å².